The van der Waals surface area contributed by atoms with Gasteiger partial charge in [0.25, 0.3) is 0 Å². The van der Waals surface area contributed by atoms with E-state index in [-0.39, 0.29) is 23.0 Å². The largest absolute Gasteiger partial charge is 0.508 e. The molecule has 0 fully saturated rings. The van der Waals surface area contributed by atoms with Crippen LogP contribution in [0.4, 0.5) is 0 Å². The van der Waals surface area contributed by atoms with Gasteiger partial charge in [-0.15, -0.1) is 0 Å². The Balaban J connectivity index is 1.49. The Kier molecular flexibility index (Phi) is 8.85. The molecular formula is C22H28N2O4. The van der Waals surface area contributed by atoms with Gasteiger partial charge in [0, 0.05) is 48.8 Å². The van der Waals surface area contributed by atoms with E-state index in [0.717, 1.165) is 51.6 Å². The Morgan fingerprint density at radius 1 is 0.571 bits per heavy atom. The summed E-state index contributed by atoms with van der Waals surface area (Å²) in [5, 5.41) is 37.8. The van der Waals surface area contributed by atoms with Crippen LogP contribution in [0, 0.1) is 0 Å². The minimum absolute atomic E-state index is 0.0343. The molecule has 0 aliphatic rings. The zero-order valence-electron chi connectivity index (χ0n) is 16.0. The fourth-order valence-electron chi connectivity index (χ4n) is 2.72. The molecule has 2 aromatic carbocycles. The van der Waals surface area contributed by atoms with Gasteiger partial charge in [-0.05, 0) is 37.1 Å². The van der Waals surface area contributed by atoms with Crippen molar-refractivity contribution in [3.63, 3.8) is 0 Å². The first-order chi connectivity index (χ1) is 13.6. The summed E-state index contributed by atoms with van der Waals surface area (Å²) < 4.78 is 0. The van der Waals surface area contributed by atoms with Crippen molar-refractivity contribution in [1.82, 2.24) is 0 Å². The van der Waals surface area contributed by atoms with E-state index in [1.807, 2.05) is 0 Å². The number of nitrogens with zero attached hydrogens (tertiary/aromatic N) is 2. The molecule has 0 unspecified atom stereocenters. The minimum Gasteiger partial charge on any atom is -0.508 e. The number of hydrogen-bond acceptors (Lipinski definition) is 6. The Morgan fingerprint density at radius 2 is 0.964 bits per heavy atom. The number of hydrogen-bond donors (Lipinski definition) is 4. The Morgan fingerprint density at radius 3 is 1.36 bits per heavy atom. The molecule has 150 valence electrons. The maximum absolute atomic E-state index is 9.66. The maximum Gasteiger partial charge on any atom is 0.128 e. The summed E-state index contributed by atoms with van der Waals surface area (Å²) in [5.74, 6) is 0.150. The van der Waals surface area contributed by atoms with Crippen LogP contribution >= 0.6 is 0 Å². The van der Waals surface area contributed by atoms with Crippen LogP contribution < -0.4 is 0 Å². The molecule has 0 aliphatic heterocycles. The lowest BCUT2D eigenvalue weighted by Crippen LogP contribution is -1.88. The van der Waals surface area contributed by atoms with Crippen LogP contribution in [-0.4, -0.2) is 45.9 Å². The monoisotopic (exact) mass is 384 g/mol. The highest BCUT2D eigenvalue weighted by molar-refractivity contribution is 5.84. The van der Waals surface area contributed by atoms with E-state index >= 15 is 0 Å². The molecule has 0 saturated carbocycles. The lowest BCUT2D eigenvalue weighted by molar-refractivity contribution is 0.449. The third-order valence-electron chi connectivity index (χ3n) is 4.31. The van der Waals surface area contributed by atoms with Crippen LogP contribution in [0.25, 0.3) is 0 Å². The van der Waals surface area contributed by atoms with E-state index < -0.39 is 0 Å². The minimum atomic E-state index is 0.0343. The number of phenols is 4. The zero-order chi connectivity index (χ0) is 20.2. The molecule has 28 heavy (non-hydrogen) atoms. The summed E-state index contributed by atoms with van der Waals surface area (Å²) in [6.07, 6.45) is 9.83. The van der Waals surface area contributed by atoms with Crippen molar-refractivity contribution in [3.8, 4) is 23.0 Å². The second-order valence-electron chi connectivity index (χ2n) is 6.68. The van der Waals surface area contributed by atoms with Crippen LogP contribution in [0.3, 0.4) is 0 Å². The molecule has 0 heterocycles. The average Bonchev–Trinajstić information content (AvgIpc) is 2.65. The van der Waals surface area contributed by atoms with Crippen molar-refractivity contribution >= 4 is 12.4 Å². The maximum atomic E-state index is 9.66. The number of rotatable bonds is 11. The van der Waals surface area contributed by atoms with Gasteiger partial charge in [-0.1, -0.05) is 25.7 Å². The van der Waals surface area contributed by atoms with Gasteiger partial charge in [-0.2, -0.15) is 0 Å². The van der Waals surface area contributed by atoms with Gasteiger partial charge in [0.1, 0.15) is 23.0 Å². The summed E-state index contributed by atoms with van der Waals surface area (Å²) >= 11 is 0. The molecule has 0 saturated heterocycles. The van der Waals surface area contributed by atoms with Crippen molar-refractivity contribution in [2.45, 2.75) is 38.5 Å². The smallest absolute Gasteiger partial charge is 0.128 e. The zero-order valence-corrected chi connectivity index (χ0v) is 16.0. The molecule has 0 spiro atoms. The molecule has 6 nitrogen and oxygen atoms in total. The summed E-state index contributed by atoms with van der Waals surface area (Å²) in [4.78, 5) is 8.62. The van der Waals surface area contributed by atoms with Crippen molar-refractivity contribution in [3.05, 3.63) is 47.5 Å². The first-order valence-electron chi connectivity index (χ1n) is 9.60. The Hall–Kier alpha value is -3.02. The van der Waals surface area contributed by atoms with E-state index in [4.69, 9.17) is 0 Å². The number of phenolic OH excluding ortho intramolecular Hbond substituents is 4. The number of aromatic hydroxyl groups is 4. The van der Waals surface area contributed by atoms with Crippen molar-refractivity contribution < 1.29 is 20.4 Å². The molecule has 0 atom stereocenters. The van der Waals surface area contributed by atoms with E-state index in [9.17, 15) is 20.4 Å². The molecule has 2 aromatic rings. The van der Waals surface area contributed by atoms with Crippen LogP contribution in [0.1, 0.15) is 49.7 Å². The Labute approximate surface area is 165 Å². The van der Waals surface area contributed by atoms with Crippen LogP contribution in [0.15, 0.2) is 46.4 Å². The first-order valence-corrected chi connectivity index (χ1v) is 9.60. The highest BCUT2D eigenvalue weighted by Gasteiger charge is 1.99. The number of unbranched alkanes of at least 4 members (excludes halogenated alkanes) is 5. The predicted molar refractivity (Wildman–Crippen MR) is 112 cm³/mol. The molecule has 0 radical (unpaired) electrons. The fourth-order valence-corrected chi connectivity index (χ4v) is 2.72. The van der Waals surface area contributed by atoms with Crippen LogP contribution in [0.2, 0.25) is 0 Å². The molecule has 2 rings (SSSR count). The lowest BCUT2D eigenvalue weighted by atomic mass is 10.1. The Bertz CT molecular complexity index is 736. The van der Waals surface area contributed by atoms with E-state index in [2.05, 4.69) is 9.98 Å². The van der Waals surface area contributed by atoms with Gasteiger partial charge in [0.05, 0.1) is 0 Å². The van der Waals surface area contributed by atoms with Gasteiger partial charge < -0.3 is 20.4 Å². The van der Waals surface area contributed by atoms with Crippen LogP contribution in [-0.2, 0) is 0 Å². The highest BCUT2D eigenvalue weighted by Crippen LogP contribution is 2.21. The average molecular weight is 384 g/mol. The molecule has 6 heteroatoms. The molecule has 0 bridgehead atoms. The normalized spacial score (nSPS) is 11.6. The molecule has 0 amide bonds. The molecular weight excluding hydrogens is 356 g/mol. The SMILES string of the molecule is Oc1ccc(C=NCCCCCCCCN=Cc2ccc(O)cc2O)c(O)c1. The van der Waals surface area contributed by atoms with Crippen molar-refractivity contribution in [1.29, 1.82) is 0 Å². The number of aliphatic imine (C=N–C) groups is 2. The number of benzene rings is 2. The van der Waals surface area contributed by atoms with Gasteiger partial charge in [-0.25, -0.2) is 0 Å². The standard InChI is InChI=1S/C22H28N2O4/c25-19-9-7-17(21(27)13-19)15-23-11-5-3-1-2-4-6-12-24-16-18-8-10-20(26)14-22(18)28/h7-10,13-16,25-28H,1-6,11-12H2. The van der Waals surface area contributed by atoms with E-state index in [1.54, 1.807) is 24.6 Å². The quantitative estimate of drug-likeness (QED) is 0.340. The topological polar surface area (TPSA) is 106 Å². The van der Waals surface area contributed by atoms with Gasteiger partial charge >= 0.3 is 0 Å². The summed E-state index contributed by atoms with van der Waals surface area (Å²) in [6.45, 7) is 1.45. The predicted octanol–water partition coefficient (Wildman–Crippen LogP) is 4.39. The molecule has 0 aliphatic carbocycles. The summed E-state index contributed by atoms with van der Waals surface area (Å²) in [6, 6.07) is 8.94. The third kappa shape index (κ3) is 7.70. The fraction of sp³-hybridized carbons (Fsp3) is 0.364. The highest BCUT2D eigenvalue weighted by atomic mass is 16.3. The van der Waals surface area contributed by atoms with Crippen molar-refractivity contribution in [2.24, 2.45) is 9.98 Å². The van der Waals surface area contributed by atoms with Gasteiger partial charge in [0.15, 0.2) is 0 Å². The second-order valence-corrected chi connectivity index (χ2v) is 6.68. The molecule has 0 aromatic heterocycles. The van der Waals surface area contributed by atoms with Gasteiger partial charge in [-0.3, -0.25) is 9.98 Å². The third-order valence-corrected chi connectivity index (χ3v) is 4.31. The van der Waals surface area contributed by atoms with E-state index in [1.165, 1.54) is 24.3 Å². The first kappa shape index (κ1) is 21.3. The van der Waals surface area contributed by atoms with Crippen LogP contribution in [0.5, 0.6) is 23.0 Å². The lowest BCUT2D eigenvalue weighted by Gasteiger charge is -2.01. The molecule has 4 N–H and O–H groups in total. The van der Waals surface area contributed by atoms with Crippen molar-refractivity contribution in [2.75, 3.05) is 13.1 Å². The van der Waals surface area contributed by atoms with Gasteiger partial charge in [0.2, 0.25) is 0 Å². The van der Waals surface area contributed by atoms with E-state index in [0.29, 0.717) is 11.1 Å². The second kappa shape index (κ2) is 11.6. The summed E-state index contributed by atoms with van der Waals surface area (Å²) in [7, 11) is 0. The summed E-state index contributed by atoms with van der Waals surface area (Å²) in [5.41, 5.74) is 1.22.